The molecule has 0 atom stereocenters. The van der Waals surface area contributed by atoms with E-state index < -0.39 is 5.91 Å². The lowest BCUT2D eigenvalue weighted by Gasteiger charge is -2.10. The van der Waals surface area contributed by atoms with Crippen molar-refractivity contribution in [3.8, 4) is 5.75 Å². The molecule has 2 aromatic carbocycles. The third-order valence-corrected chi connectivity index (χ3v) is 3.19. The molecule has 108 valence electrons. The smallest absolute Gasteiger partial charge is 0.248 e. The van der Waals surface area contributed by atoms with Crippen molar-refractivity contribution in [1.29, 1.82) is 0 Å². The lowest BCUT2D eigenvalue weighted by molar-refractivity contribution is 0.0994. The van der Waals surface area contributed by atoms with Crippen LogP contribution in [0.3, 0.4) is 0 Å². The molecule has 0 heterocycles. The molecule has 0 spiro atoms. The van der Waals surface area contributed by atoms with E-state index in [1.165, 1.54) is 6.92 Å². The molecule has 0 aliphatic carbocycles. The fraction of sp³-hybridized carbons (Fsp3) is 0.125. The zero-order valence-electron chi connectivity index (χ0n) is 11.4. The molecule has 0 radical (unpaired) electrons. The summed E-state index contributed by atoms with van der Waals surface area (Å²) in [4.78, 5) is 22.5. The van der Waals surface area contributed by atoms with Crippen molar-refractivity contribution in [3.63, 3.8) is 0 Å². The number of halogens is 1. The van der Waals surface area contributed by atoms with Crippen molar-refractivity contribution in [3.05, 3.63) is 64.2 Å². The van der Waals surface area contributed by atoms with Gasteiger partial charge in [-0.3, -0.25) is 9.59 Å². The lowest BCUT2D eigenvalue weighted by atomic mass is 10.1. The van der Waals surface area contributed by atoms with Crippen LogP contribution in [0, 0.1) is 0 Å². The van der Waals surface area contributed by atoms with Gasteiger partial charge >= 0.3 is 0 Å². The van der Waals surface area contributed by atoms with Crippen molar-refractivity contribution >= 4 is 23.3 Å². The first-order valence-corrected chi connectivity index (χ1v) is 6.67. The molecule has 0 aliphatic rings. The second-order valence-electron chi connectivity index (χ2n) is 4.55. The number of ketones is 1. The van der Waals surface area contributed by atoms with Gasteiger partial charge in [0.1, 0.15) is 12.4 Å². The summed E-state index contributed by atoms with van der Waals surface area (Å²) < 4.78 is 5.64. The molecule has 0 aromatic heterocycles. The molecule has 4 nitrogen and oxygen atoms in total. The summed E-state index contributed by atoms with van der Waals surface area (Å²) in [5.74, 6) is -0.110. The van der Waals surface area contributed by atoms with Gasteiger partial charge in [-0.05, 0) is 42.8 Å². The van der Waals surface area contributed by atoms with Crippen LogP contribution in [0.5, 0.6) is 5.75 Å². The topological polar surface area (TPSA) is 69.4 Å². The van der Waals surface area contributed by atoms with Gasteiger partial charge in [0.15, 0.2) is 5.78 Å². The molecule has 2 aromatic rings. The van der Waals surface area contributed by atoms with Crippen LogP contribution >= 0.6 is 11.6 Å². The monoisotopic (exact) mass is 303 g/mol. The summed E-state index contributed by atoms with van der Waals surface area (Å²) in [7, 11) is 0. The first-order chi connectivity index (χ1) is 9.97. The molecule has 1 amide bonds. The van der Waals surface area contributed by atoms with E-state index in [1.807, 2.05) is 0 Å². The van der Waals surface area contributed by atoms with Gasteiger partial charge < -0.3 is 10.5 Å². The minimum atomic E-state index is -0.473. The van der Waals surface area contributed by atoms with E-state index in [0.717, 1.165) is 5.56 Å². The molecule has 0 bridgehead atoms. The van der Waals surface area contributed by atoms with Gasteiger partial charge in [0.25, 0.3) is 0 Å². The van der Waals surface area contributed by atoms with E-state index in [4.69, 9.17) is 22.1 Å². The quantitative estimate of drug-likeness (QED) is 0.862. The zero-order chi connectivity index (χ0) is 15.4. The minimum absolute atomic E-state index is 0.114. The van der Waals surface area contributed by atoms with Crippen LogP contribution in [0.15, 0.2) is 42.5 Å². The summed E-state index contributed by atoms with van der Waals surface area (Å²) in [6.45, 7) is 1.74. The molecular weight excluding hydrogens is 290 g/mol. The Morgan fingerprint density at radius 2 is 1.81 bits per heavy atom. The number of hydrogen-bond acceptors (Lipinski definition) is 3. The molecule has 0 saturated heterocycles. The molecule has 21 heavy (non-hydrogen) atoms. The summed E-state index contributed by atoms with van der Waals surface area (Å²) in [5, 5.41) is 0.485. The van der Waals surface area contributed by atoms with Crippen LogP contribution in [0.2, 0.25) is 5.02 Å². The molecule has 0 fully saturated rings. The van der Waals surface area contributed by atoms with E-state index >= 15 is 0 Å². The summed E-state index contributed by atoms with van der Waals surface area (Å²) in [6, 6.07) is 11.7. The predicted octanol–water partition coefficient (Wildman–Crippen LogP) is 3.22. The maximum absolute atomic E-state index is 11.6. The van der Waals surface area contributed by atoms with Crippen LogP contribution in [0.25, 0.3) is 0 Å². The first-order valence-electron chi connectivity index (χ1n) is 6.29. The number of primary amides is 1. The van der Waals surface area contributed by atoms with E-state index in [0.29, 0.717) is 21.9 Å². The van der Waals surface area contributed by atoms with Crippen molar-refractivity contribution in [2.75, 3.05) is 0 Å². The van der Waals surface area contributed by atoms with Crippen molar-refractivity contribution in [1.82, 2.24) is 0 Å². The van der Waals surface area contributed by atoms with E-state index in [1.54, 1.807) is 42.5 Å². The number of carbonyl (C=O) groups excluding carboxylic acids is 2. The Balaban J connectivity index is 2.13. The lowest BCUT2D eigenvalue weighted by Crippen LogP contribution is -2.10. The van der Waals surface area contributed by atoms with Gasteiger partial charge in [-0.1, -0.05) is 23.7 Å². The fourth-order valence-corrected chi connectivity index (χ4v) is 2.00. The zero-order valence-corrected chi connectivity index (χ0v) is 12.2. The van der Waals surface area contributed by atoms with Gasteiger partial charge in [-0.25, -0.2) is 0 Å². The second-order valence-corrected chi connectivity index (χ2v) is 4.98. The molecule has 5 heteroatoms. The van der Waals surface area contributed by atoms with Crippen molar-refractivity contribution < 1.29 is 14.3 Å². The Bertz CT molecular complexity index is 680. The number of nitrogens with two attached hydrogens (primary N) is 1. The number of benzene rings is 2. The highest BCUT2D eigenvalue weighted by Gasteiger charge is 2.09. The molecule has 0 saturated carbocycles. The Morgan fingerprint density at radius 1 is 1.14 bits per heavy atom. The first kappa shape index (κ1) is 15.1. The van der Waals surface area contributed by atoms with Crippen LogP contribution in [-0.2, 0) is 6.61 Å². The molecule has 2 rings (SSSR count). The van der Waals surface area contributed by atoms with Gasteiger partial charge in [0, 0.05) is 10.6 Å². The predicted molar refractivity (Wildman–Crippen MR) is 80.7 cm³/mol. The van der Waals surface area contributed by atoms with Gasteiger partial charge in [0.2, 0.25) is 5.91 Å². The molecule has 0 unspecified atom stereocenters. The number of ether oxygens (including phenoxy) is 1. The van der Waals surface area contributed by atoms with Crippen LogP contribution in [-0.4, -0.2) is 11.7 Å². The standard InChI is InChI=1S/C16H14ClNO3/c1-10(19)14-8-13(17)6-7-15(14)21-9-11-2-4-12(5-3-11)16(18)20/h2-8H,9H2,1H3,(H2,18,20). The fourth-order valence-electron chi connectivity index (χ4n) is 1.83. The Hall–Kier alpha value is -2.33. The Kier molecular flexibility index (Phi) is 4.60. The third-order valence-electron chi connectivity index (χ3n) is 2.95. The van der Waals surface area contributed by atoms with Gasteiger partial charge in [-0.15, -0.1) is 0 Å². The summed E-state index contributed by atoms with van der Waals surface area (Å²) in [5.41, 5.74) is 6.92. The van der Waals surface area contributed by atoms with Crippen LogP contribution < -0.4 is 10.5 Å². The minimum Gasteiger partial charge on any atom is -0.488 e. The summed E-state index contributed by atoms with van der Waals surface area (Å²) in [6.07, 6.45) is 0. The molecule has 0 aliphatic heterocycles. The average molecular weight is 304 g/mol. The maximum atomic E-state index is 11.6. The third kappa shape index (κ3) is 3.83. The van der Waals surface area contributed by atoms with E-state index in [9.17, 15) is 9.59 Å². The SMILES string of the molecule is CC(=O)c1cc(Cl)ccc1OCc1ccc(C(N)=O)cc1. The highest BCUT2D eigenvalue weighted by molar-refractivity contribution is 6.31. The maximum Gasteiger partial charge on any atom is 0.248 e. The van der Waals surface area contributed by atoms with Gasteiger partial charge in [-0.2, -0.15) is 0 Å². The number of Topliss-reactive ketones (excluding diaryl/α,β-unsaturated/α-hetero) is 1. The molecular formula is C16H14ClNO3. The number of amides is 1. The van der Waals surface area contributed by atoms with E-state index in [-0.39, 0.29) is 12.4 Å². The number of rotatable bonds is 5. The van der Waals surface area contributed by atoms with Crippen molar-refractivity contribution in [2.45, 2.75) is 13.5 Å². The van der Waals surface area contributed by atoms with Crippen LogP contribution in [0.1, 0.15) is 33.2 Å². The summed E-state index contributed by atoms with van der Waals surface area (Å²) >= 11 is 5.87. The van der Waals surface area contributed by atoms with Crippen LogP contribution in [0.4, 0.5) is 0 Å². The highest BCUT2D eigenvalue weighted by atomic mass is 35.5. The van der Waals surface area contributed by atoms with Crippen molar-refractivity contribution in [2.24, 2.45) is 5.73 Å². The number of hydrogen-bond donors (Lipinski definition) is 1. The normalized spacial score (nSPS) is 10.2. The Labute approximate surface area is 127 Å². The Morgan fingerprint density at radius 3 is 2.38 bits per heavy atom. The highest BCUT2D eigenvalue weighted by Crippen LogP contribution is 2.24. The molecule has 2 N–H and O–H groups in total. The average Bonchev–Trinajstić information content (AvgIpc) is 2.46. The van der Waals surface area contributed by atoms with E-state index in [2.05, 4.69) is 0 Å². The number of carbonyl (C=O) groups is 2. The van der Waals surface area contributed by atoms with Gasteiger partial charge in [0.05, 0.1) is 5.56 Å². The second kappa shape index (κ2) is 6.41. The largest absolute Gasteiger partial charge is 0.488 e.